The molecular weight excluding hydrogens is 235 g/mol. The average Bonchev–Trinajstić information content (AvgIpc) is 2.40. The lowest BCUT2D eigenvalue weighted by Crippen LogP contribution is -2.26. The van der Waals surface area contributed by atoms with Crippen LogP contribution in [0.2, 0.25) is 0 Å². The normalized spacial score (nSPS) is 16.9. The van der Waals surface area contributed by atoms with Gasteiger partial charge in [-0.2, -0.15) is 0 Å². The fourth-order valence-electron chi connectivity index (χ4n) is 2.09. The van der Waals surface area contributed by atoms with E-state index in [4.69, 9.17) is 9.47 Å². The molecule has 1 aliphatic rings. The van der Waals surface area contributed by atoms with Gasteiger partial charge in [0.25, 0.3) is 0 Å². The van der Waals surface area contributed by atoms with Gasteiger partial charge < -0.3 is 9.47 Å². The van der Waals surface area contributed by atoms with Gasteiger partial charge >= 0.3 is 0 Å². The lowest BCUT2D eigenvalue weighted by molar-refractivity contribution is 0.0261. The zero-order valence-electron chi connectivity index (χ0n) is 9.80. The second-order valence-electron chi connectivity index (χ2n) is 4.29. The number of nitrogens with zero attached hydrogens (tertiary/aromatic N) is 2. The summed E-state index contributed by atoms with van der Waals surface area (Å²) in [5, 5.41) is 0.741. The van der Waals surface area contributed by atoms with Crippen LogP contribution in [0.3, 0.4) is 0 Å². The SMILES string of the molecule is Fc1cc(OC2CCOCC2)c2cncnc2c1. The Balaban J connectivity index is 1.94. The first-order chi connectivity index (χ1) is 8.83. The van der Waals surface area contributed by atoms with Gasteiger partial charge in [-0.1, -0.05) is 0 Å². The van der Waals surface area contributed by atoms with E-state index in [1.54, 1.807) is 6.20 Å². The van der Waals surface area contributed by atoms with Gasteiger partial charge in [-0.25, -0.2) is 14.4 Å². The summed E-state index contributed by atoms with van der Waals surface area (Å²) in [4.78, 5) is 8.00. The second-order valence-corrected chi connectivity index (χ2v) is 4.29. The molecular formula is C13H13FN2O2. The predicted molar refractivity (Wildman–Crippen MR) is 64.0 cm³/mol. The number of benzene rings is 1. The smallest absolute Gasteiger partial charge is 0.133 e. The molecule has 2 heterocycles. The van der Waals surface area contributed by atoms with Crippen molar-refractivity contribution < 1.29 is 13.9 Å². The highest BCUT2D eigenvalue weighted by Crippen LogP contribution is 2.27. The second kappa shape index (κ2) is 4.86. The molecule has 4 nitrogen and oxygen atoms in total. The summed E-state index contributed by atoms with van der Waals surface area (Å²) in [5.74, 6) is 0.167. The number of fused-ring (bicyclic) bond motifs is 1. The first kappa shape index (κ1) is 11.3. The summed E-state index contributed by atoms with van der Waals surface area (Å²) in [5.41, 5.74) is 0.562. The van der Waals surface area contributed by atoms with Crippen molar-refractivity contribution in [1.29, 1.82) is 0 Å². The zero-order valence-corrected chi connectivity index (χ0v) is 9.80. The van der Waals surface area contributed by atoms with Gasteiger partial charge in [0, 0.05) is 31.2 Å². The molecule has 0 atom stereocenters. The van der Waals surface area contributed by atoms with E-state index in [0.29, 0.717) is 24.5 Å². The molecule has 0 bridgehead atoms. The molecule has 2 aromatic rings. The molecule has 1 fully saturated rings. The monoisotopic (exact) mass is 248 g/mol. The third kappa shape index (κ3) is 2.26. The molecule has 1 aromatic carbocycles. The van der Waals surface area contributed by atoms with Gasteiger partial charge in [0.05, 0.1) is 24.1 Å². The minimum atomic E-state index is -0.344. The van der Waals surface area contributed by atoms with Crippen molar-refractivity contribution in [2.75, 3.05) is 13.2 Å². The summed E-state index contributed by atoms with van der Waals surface area (Å²) >= 11 is 0. The standard InChI is InChI=1S/C13H13FN2O2/c14-9-5-12-11(7-15-8-16-12)13(6-9)18-10-1-3-17-4-2-10/h5-8,10H,1-4H2. The number of hydrogen-bond acceptors (Lipinski definition) is 4. The van der Waals surface area contributed by atoms with E-state index in [-0.39, 0.29) is 11.9 Å². The highest BCUT2D eigenvalue weighted by molar-refractivity contribution is 5.84. The van der Waals surface area contributed by atoms with Crippen LogP contribution in [0.25, 0.3) is 10.9 Å². The molecule has 0 N–H and O–H groups in total. The Labute approximate surface area is 104 Å². The molecule has 1 aliphatic heterocycles. The van der Waals surface area contributed by atoms with Crippen molar-refractivity contribution in [3.8, 4) is 5.75 Å². The van der Waals surface area contributed by atoms with E-state index in [2.05, 4.69) is 9.97 Å². The van der Waals surface area contributed by atoms with Crippen LogP contribution in [0, 0.1) is 5.82 Å². The highest BCUT2D eigenvalue weighted by Gasteiger charge is 2.17. The van der Waals surface area contributed by atoms with Crippen molar-refractivity contribution in [2.45, 2.75) is 18.9 Å². The number of rotatable bonds is 2. The summed E-state index contributed by atoms with van der Waals surface area (Å²) in [7, 11) is 0. The van der Waals surface area contributed by atoms with Gasteiger partial charge in [0.1, 0.15) is 24.0 Å². The summed E-state index contributed by atoms with van der Waals surface area (Å²) in [6.07, 6.45) is 4.78. The maximum Gasteiger partial charge on any atom is 0.133 e. The van der Waals surface area contributed by atoms with Crippen LogP contribution < -0.4 is 4.74 Å². The van der Waals surface area contributed by atoms with Crippen LogP contribution >= 0.6 is 0 Å². The topological polar surface area (TPSA) is 44.2 Å². The Hall–Kier alpha value is -1.75. The fourth-order valence-corrected chi connectivity index (χ4v) is 2.09. The first-order valence-electron chi connectivity index (χ1n) is 5.96. The van der Waals surface area contributed by atoms with Crippen molar-refractivity contribution in [3.63, 3.8) is 0 Å². The average molecular weight is 248 g/mol. The molecule has 18 heavy (non-hydrogen) atoms. The molecule has 5 heteroatoms. The van der Waals surface area contributed by atoms with Crippen molar-refractivity contribution in [1.82, 2.24) is 9.97 Å². The quantitative estimate of drug-likeness (QED) is 0.818. The maximum atomic E-state index is 13.5. The Bertz CT molecular complexity index is 556. The zero-order chi connectivity index (χ0) is 12.4. The fraction of sp³-hybridized carbons (Fsp3) is 0.385. The number of halogens is 1. The molecule has 0 spiro atoms. The maximum absolute atomic E-state index is 13.5. The Kier molecular flexibility index (Phi) is 3.06. The van der Waals surface area contributed by atoms with Gasteiger partial charge in [-0.15, -0.1) is 0 Å². The molecule has 3 rings (SSSR count). The lowest BCUT2D eigenvalue weighted by Gasteiger charge is -2.23. The number of ether oxygens (including phenoxy) is 2. The molecule has 0 aliphatic carbocycles. The summed E-state index contributed by atoms with van der Waals surface area (Å²) in [6.45, 7) is 1.38. The lowest BCUT2D eigenvalue weighted by atomic mass is 10.1. The molecule has 0 amide bonds. The van der Waals surface area contributed by atoms with Crippen LogP contribution in [0.15, 0.2) is 24.7 Å². The Morgan fingerprint density at radius 2 is 2.11 bits per heavy atom. The van der Waals surface area contributed by atoms with E-state index in [0.717, 1.165) is 18.2 Å². The first-order valence-corrected chi connectivity index (χ1v) is 5.96. The summed E-state index contributed by atoms with van der Waals surface area (Å²) < 4.78 is 24.6. The predicted octanol–water partition coefficient (Wildman–Crippen LogP) is 2.33. The molecule has 1 saturated heterocycles. The third-order valence-corrected chi connectivity index (χ3v) is 3.01. The number of aromatic nitrogens is 2. The molecule has 94 valence electrons. The minimum absolute atomic E-state index is 0.0731. The van der Waals surface area contributed by atoms with E-state index in [1.165, 1.54) is 18.5 Å². The number of hydrogen-bond donors (Lipinski definition) is 0. The van der Waals surface area contributed by atoms with Crippen LogP contribution in [0.1, 0.15) is 12.8 Å². The van der Waals surface area contributed by atoms with Gasteiger partial charge in [-0.05, 0) is 0 Å². The van der Waals surface area contributed by atoms with E-state index in [9.17, 15) is 4.39 Å². The summed E-state index contributed by atoms with van der Waals surface area (Å²) in [6, 6.07) is 2.77. The Morgan fingerprint density at radius 1 is 1.28 bits per heavy atom. The largest absolute Gasteiger partial charge is 0.489 e. The van der Waals surface area contributed by atoms with Crippen LogP contribution in [-0.2, 0) is 4.74 Å². The van der Waals surface area contributed by atoms with E-state index >= 15 is 0 Å². The Morgan fingerprint density at radius 3 is 2.94 bits per heavy atom. The van der Waals surface area contributed by atoms with E-state index in [1.807, 2.05) is 0 Å². The molecule has 0 unspecified atom stereocenters. The molecule has 1 aromatic heterocycles. The van der Waals surface area contributed by atoms with Crippen molar-refractivity contribution in [2.24, 2.45) is 0 Å². The minimum Gasteiger partial charge on any atom is -0.489 e. The van der Waals surface area contributed by atoms with Crippen molar-refractivity contribution in [3.05, 3.63) is 30.5 Å². The highest BCUT2D eigenvalue weighted by atomic mass is 19.1. The van der Waals surface area contributed by atoms with Crippen LogP contribution in [0.5, 0.6) is 5.75 Å². The third-order valence-electron chi connectivity index (χ3n) is 3.01. The van der Waals surface area contributed by atoms with Crippen LogP contribution in [-0.4, -0.2) is 29.3 Å². The van der Waals surface area contributed by atoms with Gasteiger partial charge in [0.2, 0.25) is 0 Å². The van der Waals surface area contributed by atoms with Gasteiger partial charge in [0.15, 0.2) is 0 Å². The molecule has 0 radical (unpaired) electrons. The van der Waals surface area contributed by atoms with Crippen LogP contribution in [0.4, 0.5) is 4.39 Å². The molecule has 0 saturated carbocycles. The van der Waals surface area contributed by atoms with Gasteiger partial charge in [-0.3, -0.25) is 0 Å². The van der Waals surface area contributed by atoms with Crippen molar-refractivity contribution >= 4 is 10.9 Å². The van der Waals surface area contributed by atoms with E-state index < -0.39 is 0 Å².